The van der Waals surface area contributed by atoms with Gasteiger partial charge in [0.25, 0.3) is 0 Å². The Morgan fingerprint density at radius 1 is 1.00 bits per heavy atom. The topological polar surface area (TPSA) is 29.9 Å². The van der Waals surface area contributed by atoms with Gasteiger partial charge >= 0.3 is 0 Å². The molecule has 0 atom stereocenters. The Hall–Kier alpha value is -3.01. The van der Waals surface area contributed by atoms with E-state index in [-0.39, 0.29) is 5.82 Å². The van der Waals surface area contributed by atoms with Crippen molar-refractivity contribution >= 4 is 11.1 Å². The summed E-state index contributed by atoms with van der Waals surface area (Å²) in [5.74, 6) is 0.397. The van der Waals surface area contributed by atoms with E-state index < -0.39 is 0 Å². The second kappa shape index (κ2) is 6.48. The van der Waals surface area contributed by atoms with Gasteiger partial charge in [0.2, 0.25) is 5.89 Å². The number of pyridine rings is 1. The van der Waals surface area contributed by atoms with E-state index in [9.17, 15) is 4.39 Å². The molecular formula is C21H18FN2O+. The maximum absolute atomic E-state index is 13.3. The fourth-order valence-electron chi connectivity index (χ4n) is 2.87. The first-order valence-electron chi connectivity index (χ1n) is 8.34. The van der Waals surface area contributed by atoms with Gasteiger partial charge in [-0.2, -0.15) is 0 Å². The number of hydrogen-bond donors (Lipinski definition) is 0. The Balaban J connectivity index is 1.59. The maximum atomic E-state index is 13.3. The Morgan fingerprint density at radius 3 is 2.60 bits per heavy atom. The molecule has 0 saturated carbocycles. The zero-order valence-electron chi connectivity index (χ0n) is 13.9. The van der Waals surface area contributed by atoms with Crippen LogP contribution < -0.4 is 4.57 Å². The largest absolute Gasteiger partial charge is 0.436 e. The quantitative estimate of drug-likeness (QED) is 0.514. The Kier molecular flexibility index (Phi) is 4.02. The molecule has 0 bridgehead atoms. The minimum atomic E-state index is -0.215. The number of rotatable bonds is 4. The van der Waals surface area contributed by atoms with E-state index >= 15 is 0 Å². The van der Waals surface area contributed by atoms with Crippen molar-refractivity contribution in [2.24, 2.45) is 0 Å². The number of hydrogen-bond acceptors (Lipinski definition) is 2. The van der Waals surface area contributed by atoms with Crippen LogP contribution in [0.5, 0.6) is 0 Å². The van der Waals surface area contributed by atoms with Crippen LogP contribution in [-0.4, -0.2) is 4.98 Å². The molecule has 2 aromatic carbocycles. The summed E-state index contributed by atoms with van der Waals surface area (Å²) in [6.45, 7) is 2.74. The summed E-state index contributed by atoms with van der Waals surface area (Å²) in [6, 6.07) is 16.7. The predicted molar refractivity (Wildman–Crippen MR) is 94.5 cm³/mol. The minimum absolute atomic E-state index is 0.215. The zero-order chi connectivity index (χ0) is 17.2. The third-order valence-electron chi connectivity index (χ3n) is 4.25. The van der Waals surface area contributed by atoms with Crippen molar-refractivity contribution in [3.05, 3.63) is 83.9 Å². The van der Waals surface area contributed by atoms with Gasteiger partial charge < -0.3 is 4.42 Å². The fraction of sp³-hybridized carbons (Fsp3) is 0.143. The van der Waals surface area contributed by atoms with Crippen molar-refractivity contribution in [2.75, 3.05) is 0 Å². The standard InChI is InChI=1S/C21H18FN2O/c1-2-15-6-7-20-19(13-15)23-21(25-20)17-8-10-24(11-9-17)14-16-4-3-5-18(22)12-16/h3-13H,2,14H2,1H3/q+1. The van der Waals surface area contributed by atoms with Gasteiger partial charge in [0.05, 0.1) is 0 Å². The van der Waals surface area contributed by atoms with Gasteiger partial charge in [0, 0.05) is 23.3 Å². The van der Waals surface area contributed by atoms with E-state index in [1.807, 2.05) is 41.2 Å². The lowest BCUT2D eigenvalue weighted by Gasteiger charge is -1.99. The summed E-state index contributed by atoms with van der Waals surface area (Å²) in [7, 11) is 0. The SMILES string of the molecule is CCc1ccc2oc(-c3cc[n+](Cc4cccc(F)c4)cc3)nc2c1. The molecule has 0 aliphatic heterocycles. The average molecular weight is 333 g/mol. The van der Waals surface area contributed by atoms with Crippen LogP contribution in [0.25, 0.3) is 22.6 Å². The zero-order valence-corrected chi connectivity index (χ0v) is 13.9. The molecule has 2 aromatic heterocycles. The molecule has 0 radical (unpaired) electrons. The first kappa shape index (κ1) is 15.5. The number of nitrogens with zero attached hydrogens (tertiary/aromatic N) is 2. The van der Waals surface area contributed by atoms with Gasteiger partial charge in [-0.15, -0.1) is 0 Å². The molecule has 3 nitrogen and oxygen atoms in total. The Morgan fingerprint density at radius 2 is 1.84 bits per heavy atom. The lowest BCUT2D eigenvalue weighted by atomic mass is 10.1. The summed E-state index contributed by atoms with van der Waals surface area (Å²) in [6.07, 6.45) is 4.88. The Labute approximate surface area is 145 Å². The van der Waals surface area contributed by atoms with Gasteiger partial charge in [0.15, 0.2) is 24.5 Å². The molecule has 0 saturated heterocycles. The lowest BCUT2D eigenvalue weighted by molar-refractivity contribution is -0.688. The van der Waals surface area contributed by atoms with Crippen LogP contribution in [-0.2, 0) is 13.0 Å². The van der Waals surface area contributed by atoms with E-state index in [1.54, 1.807) is 12.1 Å². The van der Waals surface area contributed by atoms with Gasteiger partial charge in [-0.3, -0.25) is 0 Å². The van der Waals surface area contributed by atoms with Crippen molar-refractivity contribution in [3.63, 3.8) is 0 Å². The average Bonchev–Trinajstić information content (AvgIpc) is 3.05. The van der Waals surface area contributed by atoms with E-state index in [0.717, 1.165) is 28.6 Å². The minimum Gasteiger partial charge on any atom is -0.436 e. The molecule has 2 heterocycles. The van der Waals surface area contributed by atoms with Crippen LogP contribution in [0.3, 0.4) is 0 Å². The number of fused-ring (bicyclic) bond motifs is 1. The molecule has 0 aliphatic carbocycles. The van der Waals surface area contributed by atoms with Crippen LogP contribution in [0.1, 0.15) is 18.1 Å². The number of benzene rings is 2. The number of halogens is 1. The lowest BCUT2D eigenvalue weighted by Crippen LogP contribution is -2.33. The van der Waals surface area contributed by atoms with Crippen LogP contribution in [0.15, 0.2) is 71.4 Å². The smallest absolute Gasteiger partial charge is 0.227 e. The third-order valence-corrected chi connectivity index (χ3v) is 4.25. The highest BCUT2D eigenvalue weighted by Crippen LogP contribution is 2.24. The fourth-order valence-corrected chi connectivity index (χ4v) is 2.87. The van der Waals surface area contributed by atoms with Gasteiger partial charge in [-0.25, -0.2) is 13.9 Å². The third kappa shape index (κ3) is 3.29. The highest BCUT2D eigenvalue weighted by atomic mass is 19.1. The van der Waals surface area contributed by atoms with E-state index in [1.165, 1.54) is 11.6 Å². The first-order valence-corrected chi connectivity index (χ1v) is 8.34. The first-order chi connectivity index (χ1) is 12.2. The molecule has 0 unspecified atom stereocenters. The molecule has 4 rings (SSSR count). The Bertz CT molecular complexity index is 1020. The van der Waals surface area contributed by atoms with Crippen molar-refractivity contribution in [1.82, 2.24) is 4.98 Å². The van der Waals surface area contributed by atoms with Crippen LogP contribution in [0.2, 0.25) is 0 Å². The molecule has 0 aliphatic rings. The second-order valence-corrected chi connectivity index (χ2v) is 6.06. The summed E-state index contributed by atoms with van der Waals surface area (Å²) in [4.78, 5) is 4.59. The number of aryl methyl sites for hydroxylation is 1. The van der Waals surface area contributed by atoms with Crippen LogP contribution in [0, 0.1) is 5.82 Å². The molecule has 124 valence electrons. The van der Waals surface area contributed by atoms with Crippen molar-refractivity contribution in [3.8, 4) is 11.5 Å². The van der Waals surface area contributed by atoms with Gasteiger partial charge in [0.1, 0.15) is 11.3 Å². The summed E-state index contributed by atoms with van der Waals surface area (Å²) >= 11 is 0. The van der Waals surface area contributed by atoms with Crippen molar-refractivity contribution < 1.29 is 13.4 Å². The molecule has 4 heteroatoms. The molecule has 0 N–H and O–H groups in total. The highest BCUT2D eigenvalue weighted by Gasteiger charge is 2.11. The molecule has 4 aromatic rings. The molecule has 25 heavy (non-hydrogen) atoms. The second-order valence-electron chi connectivity index (χ2n) is 6.06. The van der Waals surface area contributed by atoms with E-state index in [4.69, 9.17) is 4.42 Å². The van der Waals surface area contributed by atoms with Gasteiger partial charge in [-0.1, -0.05) is 25.1 Å². The van der Waals surface area contributed by atoms with Crippen molar-refractivity contribution in [1.29, 1.82) is 0 Å². The highest BCUT2D eigenvalue weighted by molar-refractivity contribution is 5.76. The summed E-state index contributed by atoms with van der Waals surface area (Å²) < 4.78 is 21.1. The van der Waals surface area contributed by atoms with E-state index in [0.29, 0.717) is 12.4 Å². The summed E-state index contributed by atoms with van der Waals surface area (Å²) in [5, 5.41) is 0. The summed E-state index contributed by atoms with van der Waals surface area (Å²) in [5.41, 5.74) is 4.76. The normalized spacial score (nSPS) is 11.1. The number of aromatic nitrogens is 2. The molecule has 0 spiro atoms. The predicted octanol–water partition coefficient (Wildman–Crippen LogP) is 4.53. The molecule has 0 fully saturated rings. The van der Waals surface area contributed by atoms with Crippen LogP contribution in [0.4, 0.5) is 4.39 Å². The van der Waals surface area contributed by atoms with Gasteiger partial charge in [-0.05, 0) is 36.2 Å². The van der Waals surface area contributed by atoms with Crippen LogP contribution >= 0.6 is 0 Å². The van der Waals surface area contributed by atoms with Crippen molar-refractivity contribution in [2.45, 2.75) is 19.9 Å². The maximum Gasteiger partial charge on any atom is 0.227 e. The molecule has 0 amide bonds. The number of oxazole rings is 1. The molecular weight excluding hydrogens is 315 g/mol. The monoisotopic (exact) mass is 333 g/mol. The van der Waals surface area contributed by atoms with E-state index in [2.05, 4.69) is 24.0 Å².